The van der Waals surface area contributed by atoms with Crippen LogP contribution in [0.1, 0.15) is 33.1 Å². The average Bonchev–Trinajstić information content (AvgIpc) is 2.05. The zero-order valence-corrected chi connectivity index (χ0v) is 10.5. The summed E-state index contributed by atoms with van der Waals surface area (Å²) >= 11 is 2.34. The van der Waals surface area contributed by atoms with Crippen molar-refractivity contribution in [1.29, 1.82) is 0 Å². The standard InChI is InChI=1S/C6H11NO2.C3H7I/c8-6(9)7-4-2-1-3-5-7;1-3(2)4/h1-5H2,(H,8,9);3H,1-2H3. The van der Waals surface area contributed by atoms with E-state index in [0.29, 0.717) is 0 Å². The molecule has 1 N–H and O–H groups in total. The second kappa shape index (κ2) is 7.41. The highest BCUT2D eigenvalue weighted by molar-refractivity contribution is 14.1. The van der Waals surface area contributed by atoms with Gasteiger partial charge in [0, 0.05) is 17.0 Å². The molecule has 0 aliphatic carbocycles. The highest BCUT2D eigenvalue weighted by atomic mass is 127. The Balaban J connectivity index is 0.000000310. The van der Waals surface area contributed by atoms with Crippen molar-refractivity contribution in [3.63, 3.8) is 0 Å². The van der Waals surface area contributed by atoms with Crippen molar-refractivity contribution in [2.75, 3.05) is 13.1 Å². The first kappa shape index (κ1) is 13.0. The lowest BCUT2D eigenvalue weighted by Crippen LogP contribution is -2.34. The van der Waals surface area contributed by atoms with E-state index in [-0.39, 0.29) is 0 Å². The summed E-state index contributed by atoms with van der Waals surface area (Å²) in [6.07, 6.45) is 2.48. The van der Waals surface area contributed by atoms with Crippen LogP contribution in [-0.2, 0) is 0 Å². The minimum absolute atomic E-state index is 0.731. The van der Waals surface area contributed by atoms with Crippen LogP contribution in [-0.4, -0.2) is 33.1 Å². The summed E-state index contributed by atoms with van der Waals surface area (Å²) in [6.45, 7) is 5.77. The largest absolute Gasteiger partial charge is 0.465 e. The Labute approximate surface area is 93.6 Å². The molecule has 78 valence electrons. The van der Waals surface area contributed by atoms with Gasteiger partial charge < -0.3 is 10.0 Å². The molecule has 1 saturated heterocycles. The van der Waals surface area contributed by atoms with Gasteiger partial charge in [0.2, 0.25) is 0 Å². The van der Waals surface area contributed by atoms with E-state index in [2.05, 4.69) is 36.4 Å². The van der Waals surface area contributed by atoms with Crippen molar-refractivity contribution < 1.29 is 9.90 Å². The van der Waals surface area contributed by atoms with Gasteiger partial charge in [-0.05, 0) is 19.3 Å². The number of alkyl halides is 1. The summed E-state index contributed by atoms with van der Waals surface area (Å²) in [4.78, 5) is 11.8. The van der Waals surface area contributed by atoms with E-state index in [0.717, 1.165) is 29.9 Å². The maximum Gasteiger partial charge on any atom is 0.407 e. The number of halogens is 1. The molecule has 1 rings (SSSR count). The molecule has 0 aromatic heterocycles. The van der Waals surface area contributed by atoms with E-state index in [1.165, 1.54) is 11.3 Å². The molecule has 1 aliphatic heterocycles. The van der Waals surface area contributed by atoms with Crippen molar-refractivity contribution in [2.45, 2.75) is 37.0 Å². The van der Waals surface area contributed by atoms with E-state index in [1.54, 1.807) is 0 Å². The first-order valence-electron chi connectivity index (χ1n) is 4.66. The number of carboxylic acid groups (broad SMARTS) is 1. The normalized spacial score (nSPS) is 16.5. The van der Waals surface area contributed by atoms with Gasteiger partial charge in [-0.1, -0.05) is 36.4 Å². The molecule has 0 atom stereocenters. The minimum atomic E-state index is -0.769. The third-order valence-corrected chi connectivity index (χ3v) is 1.63. The van der Waals surface area contributed by atoms with E-state index in [1.807, 2.05) is 0 Å². The zero-order valence-electron chi connectivity index (χ0n) is 8.29. The number of carbonyl (C=O) groups is 1. The molecule has 0 aromatic rings. The number of nitrogens with zero attached hydrogens (tertiary/aromatic N) is 1. The summed E-state index contributed by atoms with van der Waals surface area (Å²) in [6, 6.07) is 0. The van der Waals surface area contributed by atoms with Gasteiger partial charge in [-0.15, -0.1) is 0 Å². The Bertz CT molecular complexity index is 142. The van der Waals surface area contributed by atoms with E-state index in [4.69, 9.17) is 5.11 Å². The molecule has 1 heterocycles. The SMILES string of the molecule is CC(C)I.O=C(O)N1CCCCC1. The molecule has 3 nitrogen and oxygen atoms in total. The maximum atomic E-state index is 10.3. The Morgan fingerprint density at radius 2 is 1.69 bits per heavy atom. The Morgan fingerprint density at radius 3 is 1.92 bits per heavy atom. The summed E-state index contributed by atoms with van der Waals surface area (Å²) in [5.74, 6) is 0. The first-order chi connectivity index (χ1) is 6.04. The molecule has 1 fully saturated rings. The molecule has 0 bridgehead atoms. The van der Waals surface area contributed by atoms with Gasteiger partial charge in [0.05, 0.1) is 0 Å². The van der Waals surface area contributed by atoms with Gasteiger partial charge in [0.15, 0.2) is 0 Å². The van der Waals surface area contributed by atoms with Crippen LogP contribution in [0.2, 0.25) is 0 Å². The quantitative estimate of drug-likeness (QED) is 0.552. The summed E-state index contributed by atoms with van der Waals surface area (Å²) < 4.78 is 0.803. The Hall–Kier alpha value is 0. The summed E-state index contributed by atoms with van der Waals surface area (Å²) in [7, 11) is 0. The van der Waals surface area contributed by atoms with E-state index >= 15 is 0 Å². The van der Waals surface area contributed by atoms with Crippen LogP contribution >= 0.6 is 22.6 Å². The molecule has 13 heavy (non-hydrogen) atoms. The monoisotopic (exact) mass is 299 g/mol. The molecule has 1 amide bonds. The number of hydrogen-bond donors (Lipinski definition) is 1. The number of likely N-dealkylation sites (tertiary alicyclic amines) is 1. The zero-order chi connectivity index (χ0) is 10.3. The maximum absolute atomic E-state index is 10.3. The first-order valence-corrected chi connectivity index (χ1v) is 5.90. The summed E-state index contributed by atoms with van der Waals surface area (Å²) in [5, 5.41) is 8.46. The van der Waals surface area contributed by atoms with Crippen LogP contribution in [0.25, 0.3) is 0 Å². The van der Waals surface area contributed by atoms with Crippen LogP contribution in [0.15, 0.2) is 0 Å². The predicted octanol–water partition coefficient (Wildman–Crippen LogP) is 2.98. The second-order valence-corrected chi connectivity index (χ2v) is 5.84. The smallest absolute Gasteiger partial charge is 0.407 e. The predicted molar refractivity (Wildman–Crippen MR) is 62.6 cm³/mol. The topological polar surface area (TPSA) is 40.5 Å². The molecular formula is C9H18INO2. The molecular weight excluding hydrogens is 281 g/mol. The fourth-order valence-electron chi connectivity index (χ4n) is 1.09. The lowest BCUT2D eigenvalue weighted by molar-refractivity contribution is 0.136. The molecule has 1 aliphatic rings. The van der Waals surface area contributed by atoms with Crippen LogP contribution in [0.5, 0.6) is 0 Å². The number of rotatable bonds is 0. The van der Waals surface area contributed by atoms with Gasteiger partial charge in [0.1, 0.15) is 0 Å². The van der Waals surface area contributed by atoms with E-state index < -0.39 is 6.09 Å². The Morgan fingerprint density at radius 1 is 1.31 bits per heavy atom. The lowest BCUT2D eigenvalue weighted by atomic mass is 10.1. The van der Waals surface area contributed by atoms with E-state index in [9.17, 15) is 4.79 Å². The number of hydrogen-bond acceptors (Lipinski definition) is 1. The number of piperidine rings is 1. The van der Waals surface area contributed by atoms with Crippen LogP contribution < -0.4 is 0 Å². The highest BCUT2D eigenvalue weighted by Crippen LogP contribution is 2.07. The van der Waals surface area contributed by atoms with Crippen molar-refractivity contribution >= 4 is 28.7 Å². The van der Waals surface area contributed by atoms with Crippen molar-refractivity contribution in [3.8, 4) is 0 Å². The molecule has 0 radical (unpaired) electrons. The Kier molecular flexibility index (Phi) is 7.41. The molecule has 0 aromatic carbocycles. The second-order valence-electron chi connectivity index (χ2n) is 3.34. The third-order valence-electron chi connectivity index (χ3n) is 1.63. The highest BCUT2D eigenvalue weighted by Gasteiger charge is 2.13. The average molecular weight is 299 g/mol. The lowest BCUT2D eigenvalue weighted by Gasteiger charge is -2.22. The van der Waals surface area contributed by atoms with Gasteiger partial charge in [-0.3, -0.25) is 0 Å². The molecule has 4 heteroatoms. The van der Waals surface area contributed by atoms with Crippen LogP contribution in [0.3, 0.4) is 0 Å². The van der Waals surface area contributed by atoms with Gasteiger partial charge in [0.25, 0.3) is 0 Å². The van der Waals surface area contributed by atoms with Crippen molar-refractivity contribution in [2.24, 2.45) is 0 Å². The third kappa shape index (κ3) is 8.33. The van der Waals surface area contributed by atoms with Crippen LogP contribution in [0.4, 0.5) is 4.79 Å². The molecule has 0 spiro atoms. The minimum Gasteiger partial charge on any atom is -0.465 e. The van der Waals surface area contributed by atoms with Crippen LogP contribution in [0, 0.1) is 0 Å². The van der Waals surface area contributed by atoms with Crippen molar-refractivity contribution in [1.82, 2.24) is 4.90 Å². The fourth-order valence-corrected chi connectivity index (χ4v) is 1.09. The van der Waals surface area contributed by atoms with Crippen molar-refractivity contribution in [3.05, 3.63) is 0 Å². The van der Waals surface area contributed by atoms with Gasteiger partial charge >= 0.3 is 6.09 Å². The van der Waals surface area contributed by atoms with Gasteiger partial charge in [-0.25, -0.2) is 4.79 Å². The molecule has 0 saturated carbocycles. The van der Waals surface area contributed by atoms with Gasteiger partial charge in [-0.2, -0.15) is 0 Å². The molecule has 0 unspecified atom stereocenters. The fraction of sp³-hybridized carbons (Fsp3) is 0.889. The summed E-state index contributed by atoms with van der Waals surface area (Å²) in [5.41, 5.74) is 0. The number of amides is 1.